The maximum atomic E-state index is 12.5. The van der Waals surface area contributed by atoms with E-state index in [9.17, 15) is 21.6 Å². The van der Waals surface area contributed by atoms with Crippen molar-refractivity contribution in [2.24, 2.45) is 0 Å². The van der Waals surface area contributed by atoms with Crippen molar-refractivity contribution in [2.75, 3.05) is 24.1 Å². The lowest BCUT2D eigenvalue weighted by Crippen LogP contribution is -2.46. The summed E-state index contributed by atoms with van der Waals surface area (Å²) in [5.74, 6) is -0.316. The van der Waals surface area contributed by atoms with Gasteiger partial charge in [-0.2, -0.15) is 0 Å². The molecule has 1 aliphatic heterocycles. The summed E-state index contributed by atoms with van der Waals surface area (Å²) in [4.78, 5) is 12.5. The molecule has 1 saturated heterocycles. The first kappa shape index (κ1) is 22.3. The van der Waals surface area contributed by atoms with Crippen LogP contribution in [0.25, 0.3) is 0 Å². The minimum absolute atomic E-state index is 0.0566. The lowest BCUT2D eigenvalue weighted by molar-refractivity contribution is 0.0924. The van der Waals surface area contributed by atoms with Gasteiger partial charge >= 0.3 is 0 Å². The van der Waals surface area contributed by atoms with Gasteiger partial charge in [0.05, 0.1) is 11.2 Å². The number of nitrogens with one attached hydrogen (secondary N) is 2. The van der Waals surface area contributed by atoms with Crippen LogP contribution in [0.3, 0.4) is 0 Å². The third-order valence-corrected chi connectivity index (χ3v) is 7.69. The fraction of sp³-hybridized carbons (Fsp3) is 0.350. The fourth-order valence-electron chi connectivity index (χ4n) is 3.22. The van der Waals surface area contributed by atoms with E-state index in [1.165, 1.54) is 34.8 Å². The zero-order valence-corrected chi connectivity index (χ0v) is 18.5. The van der Waals surface area contributed by atoms with Gasteiger partial charge in [0.25, 0.3) is 15.9 Å². The van der Waals surface area contributed by atoms with Crippen LogP contribution in [0.2, 0.25) is 0 Å². The largest absolute Gasteiger partial charge is 0.349 e. The highest BCUT2D eigenvalue weighted by molar-refractivity contribution is 7.92. The third kappa shape index (κ3) is 5.59. The molecule has 0 aromatic heterocycles. The first-order chi connectivity index (χ1) is 14.0. The van der Waals surface area contributed by atoms with E-state index >= 15 is 0 Å². The Morgan fingerprint density at radius 1 is 0.933 bits per heavy atom. The van der Waals surface area contributed by atoms with Crippen LogP contribution in [0.1, 0.15) is 28.8 Å². The lowest BCUT2D eigenvalue weighted by Gasteiger charge is -2.30. The Bertz CT molecular complexity index is 1100. The molecule has 10 heteroatoms. The molecule has 2 aromatic carbocycles. The van der Waals surface area contributed by atoms with Crippen LogP contribution in [0, 0.1) is 6.92 Å². The molecule has 0 aliphatic carbocycles. The Hall–Kier alpha value is -2.43. The summed E-state index contributed by atoms with van der Waals surface area (Å²) in [6, 6.07) is 12.6. The van der Waals surface area contributed by atoms with Crippen molar-refractivity contribution in [3.8, 4) is 0 Å². The van der Waals surface area contributed by atoms with Gasteiger partial charge < -0.3 is 5.32 Å². The topological polar surface area (TPSA) is 113 Å². The number of rotatable bonds is 6. The molecule has 1 aliphatic rings. The second-order valence-corrected chi connectivity index (χ2v) is 11.1. The van der Waals surface area contributed by atoms with Crippen molar-refractivity contribution in [2.45, 2.75) is 30.7 Å². The maximum absolute atomic E-state index is 12.5. The Morgan fingerprint density at radius 2 is 1.50 bits per heavy atom. The second-order valence-electron chi connectivity index (χ2n) is 7.41. The van der Waals surface area contributed by atoms with E-state index < -0.39 is 20.0 Å². The molecule has 2 N–H and O–H groups in total. The molecule has 0 unspecified atom stereocenters. The molecule has 8 nitrogen and oxygen atoms in total. The number of aryl methyl sites for hydroxylation is 1. The molecule has 3 rings (SSSR count). The Balaban J connectivity index is 1.61. The minimum Gasteiger partial charge on any atom is -0.349 e. The standard InChI is InChI=1S/C20H25N3O5S2/c1-15-3-7-18(8-4-15)22-30(27,28)19-9-5-16(6-10-19)20(24)21-17-11-13-23(14-12-17)29(2,25)26/h3-10,17,22H,11-14H2,1-2H3,(H,21,24). The van der Waals surface area contributed by atoms with Gasteiger partial charge in [0.1, 0.15) is 0 Å². The molecule has 0 spiro atoms. The number of carbonyl (C=O) groups excluding carboxylic acids is 1. The van der Waals surface area contributed by atoms with Gasteiger partial charge in [-0.3, -0.25) is 9.52 Å². The molecular formula is C20H25N3O5S2. The van der Waals surface area contributed by atoms with Crippen LogP contribution in [0.4, 0.5) is 5.69 Å². The summed E-state index contributed by atoms with van der Waals surface area (Å²) in [5, 5.41) is 2.88. The van der Waals surface area contributed by atoms with E-state index in [4.69, 9.17) is 0 Å². The van der Waals surface area contributed by atoms with Gasteiger partial charge in [0.15, 0.2) is 0 Å². The number of piperidine rings is 1. The predicted octanol–water partition coefficient (Wildman–Crippen LogP) is 1.95. The molecule has 1 amide bonds. The van der Waals surface area contributed by atoms with Crippen molar-refractivity contribution in [3.63, 3.8) is 0 Å². The Labute approximate surface area is 177 Å². The van der Waals surface area contributed by atoms with Crippen molar-refractivity contribution in [3.05, 3.63) is 59.7 Å². The SMILES string of the molecule is Cc1ccc(NS(=O)(=O)c2ccc(C(=O)NC3CCN(S(C)(=O)=O)CC3)cc2)cc1. The first-order valence-corrected chi connectivity index (χ1v) is 12.8. The molecule has 30 heavy (non-hydrogen) atoms. The average Bonchev–Trinajstić information content (AvgIpc) is 2.69. The average molecular weight is 452 g/mol. The Kier molecular flexibility index (Phi) is 6.49. The monoisotopic (exact) mass is 451 g/mol. The number of carbonyl (C=O) groups is 1. The van der Waals surface area contributed by atoms with Crippen LogP contribution in [0.5, 0.6) is 0 Å². The fourth-order valence-corrected chi connectivity index (χ4v) is 5.15. The van der Waals surface area contributed by atoms with Gasteiger partial charge in [-0.1, -0.05) is 17.7 Å². The van der Waals surface area contributed by atoms with E-state index in [0.29, 0.717) is 37.2 Å². The second kappa shape index (κ2) is 8.75. The van der Waals surface area contributed by atoms with Crippen molar-refractivity contribution < 1.29 is 21.6 Å². The Morgan fingerprint density at radius 3 is 2.03 bits per heavy atom. The number of sulfonamides is 2. The number of benzene rings is 2. The molecule has 0 saturated carbocycles. The van der Waals surface area contributed by atoms with E-state index in [0.717, 1.165) is 5.56 Å². The minimum atomic E-state index is -3.76. The highest BCUT2D eigenvalue weighted by Gasteiger charge is 2.26. The number of nitrogens with zero attached hydrogens (tertiary/aromatic N) is 1. The van der Waals surface area contributed by atoms with Crippen LogP contribution in [0.15, 0.2) is 53.4 Å². The highest BCUT2D eigenvalue weighted by Crippen LogP contribution is 2.18. The van der Waals surface area contributed by atoms with Crippen molar-refractivity contribution in [1.29, 1.82) is 0 Å². The van der Waals surface area contributed by atoms with Crippen LogP contribution < -0.4 is 10.0 Å². The summed E-state index contributed by atoms with van der Waals surface area (Å²) in [7, 11) is -6.98. The van der Waals surface area contributed by atoms with Gasteiger partial charge in [-0.05, 0) is 56.2 Å². The molecule has 2 aromatic rings. The number of anilines is 1. The van der Waals surface area contributed by atoms with E-state index in [1.807, 2.05) is 19.1 Å². The predicted molar refractivity (Wildman–Crippen MR) is 115 cm³/mol. The zero-order chi connectivity index (χ0) is 21.9. The lowest BCUT2D eigenvalue weighted by atomic mass is 10.1. The highest BCUT2D eigenvalue weighted by atomic mass is 32.2. The van der Waals surface area contributed by atoms with Crippen LogP contribution in [-0.4, -0.2) is 52.4 Å². The van der Waals surface area contributed by atoms with Crippen molar-refractivity contribution >= 4 is 31.6 Å². The molecule has 1 heterocycles. The zero-order valence-electron chi connectivity index (χ0n) is 16.8. The van der Waals surface area contributed by atoms with E-state index in [1.54, 1.807) is 12.1 Å². The van der Waals surface area contributed by atoms with Gasteiger partial charge in [-0.25, -0.2) is 21.1 Å². The molecule has 0 bridgehead atoms. The summed E-state index contributed by atoms with van der Waals surface area (Å²) >= 11 is 0. The van der Waals surface area contributed by atoms with Gasteiger partial charge in [0.2, 0.25) is 10.0 Å². The normalized spacial score (nSPS) is 16.2. The molecule has 162 valence electrons. The first-order valence-electron chi connectivity index (χ1n) is 9.50. The maximum Gasteiger partial charge on any atom is 0.261 e. The molecular weight excluding hydrogens is 426 g/mol. The quantitative estimate of drug-likeness (QED) is 0.697. The smallest absolute Gasteiger partial charge is 0.261 e. The third-order valence-electron chi connectivity index (χ3n) is 4.99. The number of amides is 1. The van der Waals surface area contributed by atoms with E-state index in [2.05, 4.69) is 10.0 Å². The number of hydrogen-bond acceptors (Lipinski definition) is 5. The molecule has 1 fully saturated rings. The summed E-state index contributed by atoms with van der Waals surface area (Å²) in [5.41, 5.74) is 1.83. The number of hydrogen-bond donors (Lipinski definition) is 2. The van der Waals surface area contributed by atoms with Crippen LogP contribution >= 0.6 is 0 Å². The summed E-state index contributed by atoms with van der Waals surface area (Å²) in [6.07, 6.45) is 2.24. The van der Waals surface area contributed by atoms with E-state index in [-0.39, 0.29) is 16.8 Å². The molecule has 0 radical (unpaired) electrons. The molecule has 0 atom stereocenters. The van der Waals surface area contributed by atoms with Gasteiger partial charge in [0, 0.05) is 30.4 Å². The summed E-state index contributed by atoms with van der Waals surface area (Å²) < 4.78 is 52.1. The van der Waals surface area contributed by atoms with Crippen molar-refractivity contribution in [1.82, 2.24) is 9.62 Å². The summed E-state index contributed by atoms with van der Waals surface area (Å²) in [6.45, 7) is 2.65. The van der Waals surface area contributed by atoms with Crippen LogP contribution in [-0.2, 0) is 20.0 Å². The van der Waals surface area contributed by atoms with Gasteiger partial charge in [-0.15, -0.1) is 0 Å².